The number of hydrogen-bond acceptors (Lipinski definition) is 3. The lowest BCUT2D eigenvalue weighted by atomic mass is 9.88. The monoisotopic (exact) mass is 390 g/mol. The second kappa shape index (κ2) is 10.8. The second-order valence-electron chi connectivity index (χ2n) is 6.58. The van der Waals surface area contributed by atoms with Crippen LogP contribution in [0.2, 0.25) is 0 Å². The third kappa shape index (κ3) is 6.57. The molecule has 5 heteroatoms. The lowest BCUT2D eigenvalue weighted by molar-refractivity contribution is -0.125. The molecule has 0 atom stereocenters. The molecule has 0 fully saturated rings. The average molecular weight is 390 g/mol. The van der Waals surface area contributed by atoms with Gasteiger partial charge < -0.3 is 10.2 Å². The Balaban J connectivity index is 1.47. The number of oxime groups is 1. The number of amides is 1. The molecule has 0 heterocycles. The van der Waals surface area contributed by atoms with E-state index in [1.54, 1.807) is 12.1 Å². The summed E-state index contributed by atoms with van der Waals surface area (Å²) in [5, 5.41) is 6.57. The zero-order valence-corrected chi connectivity index (χ0v) is 16.0. The average Bonchev–Trinajstić information content (AvgIpc) is 2.76. The fourth-order valence-corrected chi connectivity index (χ4v) is 3.08. The predicted octanol–water partition coefficient (Wildman–Crippen LogP) is 4.51. The number of nitrogens with one attached hydrogen (secondary N) is 1. The number of rotatable bonds is 9. The van der Waals surface area contributed by atoms with Gasteiger partial charge in [0.2, 0.25) is 0 Å². The maximum atomic E-state index is 13.1. The van der Waals surface area contributed by atoms with Crippen molar-refractivity contribution in [3.8, 4) is 0 Å². The Labute approximate surface area is 170 Å². The summed E-state index contributed by atoms with van der Waals surface area (Å²) >= 11 is 0. The van der Waals surface area contributed by atoms with E-state index in [0.29, 0.717) is 12.1 Å². The van der Waals surface area contributed by atoms with Gasteiger partial charge >= 0.3 is 0 Å². The first-order chi connectivity index (χ1) is 14.2. The fraction of sp³-hybridized carbons (Fsp3) is 0.167. The van der Waals surface area contributed by atoms with E-state index in [4.69, 9.17) is 4.84 Å². The number of nitrogens with zero attached hydrogens (tertiary/aromatic N) is 1. The molecule has 1 amide bonds. The van der Waals surface area contributed by atoms with E-state index in [0.717, 1.165) is 6.42 Å². The van der Waals surface area contributed by atoms with Crippen LogP contribution in [0.5, 0.6) is 0 Å². The number of halogens is 1. The van der Waals surface area contributed by atoms with Crippen molar-refractivity contribution >= 4 is 12.1 Å². The summed E-state index contributed by atoms with van der Waals surface area (Å²) in [5.41, 5.74) is 2.99. The van der Waals surface area contributed by atoms with Crippen molar-refractivity contribution in [2.45, 2.75) is 12.3 Å². The topological polar surface area (TPSA) is 50.7 Å². The smallest absolute Gasteiger partial charge is 0.260 e. The summed E-state index contributed by atoms with van der Waals surface area (Å²) in [7, 11) is 0. The summed E-state index contributed by atoms with van der Waals surface area (Å²) in [6, 6.07) is 26.4. The van der Waals surface area contributed by atoms with Crippen molar-refractivity contribution in [1.29, 1.82) is 0 Å². The SMILES string of the molecule is O=C(CO/N=C\c1cccc(F)c1)NCCC(c1ccccc1)c1ccccc1. The van der Waals surface area contributed by atoms with Crippen LogP contribution >= 0.6 is 0 Å². The first-order valence-electron chi connectivity index (χ1n) is 9.50. The molecule has 3 rings (SSSR count). The van der Waals surface area contributed by atoms with E-state index in [9.17, 15) is 9.18 Å². The Morgan fingerprint density at radius 3 is 2.24 bits per heavy atom. The third-order valence-corrected chi connectivity index (χ3v) is 4.48. The molecule has 0 saturated heterocycles. The molecule has 0 bridgehead atoms. The van der Waals surface area contributed by atoms with Crippen LogP contribution in [0.15, 0.2) is 90.1 Å². The fourth-order valence-electron chi connectivity index (χ4n) is 3.08. The van der Waals surface area contributed by atoms with Gasteiger partial charge in [-0.1, -0.05) is 78.0 Å². The van der Waals surface area contributed by atoms with E-state index >= 15 is 0 Å². The Bertz CT molecular complexity index is 890. The van der Waals surface area contributed by atoms with Gasteiger partial charge in [-0.3, -0.25) is 4.79 Å². The van der Waals surface area contributed by atoms with Crippen LogP contribution in [0, 0.1) is 5.82 Å². The van der Waals surface area contributed by atoms with E-state index in [1.807, 2.05) is 36.4 Å². The van der Waals surface area contributed by atoms with Gasteiger partial charge in [-0.05, 0) is 35.2 Å². The first-order valence-corrected chi connectivity index (χ1v) is 9.50. The number of benzene rings is 3. The molecule has 148 valence electrons. The lowest BCUT2D eigenvalue weighted by Gasteiger charge is -2.18. The van der Waals surface area contributed by atoms with Crippen LogP contribution in [0.4, 0.5) is 4.39 Å². The molecule has 0 unspecified atom stereocenters. The van der Waals surface area contributed by atoms with Crippen molar-refractivity contribution in [3.63, 3.8) is 0 Å². The predicted molar refractivity (Wildman–Crippen MR) is 112 cm³/mol. The maximum absolute atomic E-state index is 13.1. The highest BCUT2D eigenvalue weighted by Gasteiger charge is 2.14. The van der Waals surface area contributed by atoms with Gasteiger partial charge in [-0.25, -0.2) is 4.39 Å². The van der Waals surface area contributed by atoms with Crippen molar-refractivity contribution in [1.82, 2.24) is 5.32 Å². The Kier molecular flexibility index (Phi) is 7.52. The highest BCUT2D eigenvalue weighted by Crippen LogP contribution is 2.27. The van der Waals surface area contributed by atoms with Gasteiger partial charge in [0.1, 0.15) is 5.82 Å². The number of carbonyl (C=O) groups is 1. The molecule has 0 aliphatic rings. The molecule has 29 heavy (non-hydrogen) atoms. The van der Waals surface area contributed by atoms with Crippen molar-refractivity contribution in [3.05, 3.63) is 107 Å². The van der Waals surface area contributed by atoms with Gasteiger partial charge in [-0.2, -0.15) is 0 Å². The highest BCUT2D eigenvalue weighted by atomic mass is 19.1. The molecule has 3 aromatic rings. The summed E-state index contributed by atoms with van der Waals surface area (Å²) in [6.45, 7) is 0.331. The van der Waals surface area contributed by atoms with Crippen LogP contribution in [-0.4, -0.2) is 25.3 Å². The molecule has 1 N–H and O–H groups in total. The highest BCUT2D eigenvalue weighted by molar-refractivity contribution is 5.79. The van der Waals surface area contributed by atoms with Gasteiger partial charge in [0.25, 0.3) is 5.91 Å². The van der Waals surface area contributed by atoms with E-state index in [1.165, 1.54) is 29.5 Å². The summed E-state index contributed by atoms with van der Waals surface area (Å²) < 4.78 is 13.1. The molecule has 3 aromatic carbocycles. The zero-order chi connectivity index (χ0) is 20.3. The Morgan fingerprint density at radius 2 is 1.62 bits per heavy atom. The van der Waals surface area contributed by atoms with Crippen LogP contribution in [0.3, 0.4) is 0 Å². The van der Waals surface area contributed by atoms with E-state index in [-0.39, 0.29) is 24.2 Å². The van der Waals surface area contributed by atoms with Crippen LogP contribution in [0.25, 0.3) is 0 Å². The molecule has 0 spiro atoms. The summed E-state index contributed by atoms with van der Waals surface area (Å²) in [6.07, 6.45) is 2.14. The van der Waals surface area contributed by atoms with Gasteiger partial charge in [0.05, 0.1) is 6.21 Å². The molecule has 0 saturated carbocycles. The minimum absolute atomic E-state index is 0.187. The number of carbonyl (C=O) groups excluding carboxylic acids is 1. The molecule has 0 aliphatic heterocycles. The lowest BCUT2D eigenvalue weighted by Crippen LogP contribution is -2.29. The van der Waals surface area contributed by atoms with Crippen LogP contribution < -0.4 is 5.32 Å². The third-order valence-electron chi connectivity index (χ3n) is 4.48. The quantitative estimate of drug-likeness (QED) is 0.432. The Morgan fingerprint density at radius 1 is 0.966 bits per heavy atom. The zero-order valence-electron chi connectivity index (χ0n) is 16.0. The van der Waals surface area contributed by atoms with Crippen molar-refractivity contribution < 1.29 is 14.0 Å². The molecular formula is C24H23FN2O2. The number of hydrogen-bond donors (Lipinski definition) is 1. The summed E-state index contributed by atoms with van der Waals surface area (Å²) in [4.78, 5) is 17.0. The molecule has 0 aliphatic carbocycles. The molecule has 0 aromatic heterocycles. The molecular weight excluding hydrogens is 367 g/mol. The first kappa shape index (κ1) is 20.3. The minimum atomic E-state index is -0.349. The van der Waals surface area contributed by atoms with Gasteiger partial charge in [0, 0.05) is 12.5 Å². The Hall–Kier alpha value is -3.47. The van der Waals surface area contributed by atoms with Crippen molar-refractivity contribution in [2.24, 2.45) is 5.16 Å². The van der Waals surface area contributed by atoms with Gasteiger partial charge in [-0.15, -0.1) is 0 Å². The maximum Gasteiger partial charge on any atom is 0.260 e. The standard InChI is InChI=1S/C24H23FN2O2/c25-22-13-7-8-19(16-22)17-27-29-18-24(28)26-15-14-23(20-9-3-1-4-10-20)21-11-5-2-6-12-21/h1-13,16-17,23H,14-15,18H2,(H,26,28)/b27-17-. The minimum Gasteiger partial charge on any atom is -0.386 e. The second-order valence-corrected chi connectivity index (χ2v) is 6.58. The van der Waals surface area contributed by atoms with Gasteiger partial charge in [0.15, 0.2) is 6.61 Å². The summed E-state index contributed by atoms with van der Waals surface area (Å²) in [5.74, 6) is -0.399. The molecule has 0 radical (unpaired) electrons. The van der Waals surface area contributed by atoms with Crippen LogP contribution in [-0.2, 0) is 9.63 Å². The van der Waals surface area contributed by atoms with E-state index in [2.05, 4.69) is 34.7 Å². The van der Waals surface area contributed by atoms with Crippen LogP contribution in [0.1, 0.15) is 29.0 Å². The van der Waals surface area contributed by atoms with E-state index < -0.39 is 0 Å². The van der Waals surface area contributed by atoms with Crippen molar-refractivity contribution in [2.75, 3.05) is 13.2 Å². The largest absolute Gasteiger partial charge is 0.386 e. The normalized spacial score (nSPS) is 11.0. The molecule has 4 nitrogen and oxygen atoms in total.